The Bertz CT molecular complexity index is 247. The van der Waals surface area contributed by atoms with Crippen LogP contribution in [0, 0.1) is 5.92 Å². The van der Waals surface area contributed by atoms with Crippen LogP contribution in [0.1, 0.15) is 71.1 Å². The van der Waals surface area contributed by atoms with Crippen molar-refractivity contribution in [2.24, 2.45) is 5.92 Å². The SMILES string of the molecule is C=CC(=O)OCCC(CC[NH3+])CCCCCCCCC.[Br-]. The zero-order chi connectivity index (χ0) is 15.1. The van der Waals surface area contributed by atoms with Crippen LogP contribution in [0.4, 0.5) is 0 Å². The second kappa shape index (κ2) is 17.7. The fourth-order valence-corrected chi connectivity index (χ4v) is 2.50. The number of carbonyl (C=O) groups is 1. The van der Waals surface area contributed by atoms with Crippen molar-refractivity contribution in [3.05, 3.63) is 12.7 Å². The van der Waals surface area contributed by atoms with Crippen LogP contribution in [-0.4, -0.2) is 19.1 Å². The summed E-state index contributed by atoms with van der Waals surface area (Å²) in [5.74, 6) is 0.343. The molecule has 0 amide bonds. The van der Waals surface area contributed by atoms with E-state index in [4.69, 9.17) is 4.74 Å². The van der Waals surface area contributed by atoms with Crippen LogP contribution in [-0.2, 0) is 9.53 Å². The van der Waals surface area contributed by atoms with Crippen LogP contribution in [0.5, 0.6) is 0 Å². The Hall–Kier alpha value is -0.350. The number of rotatable bonds is 14. The standard InChI is InChI=1S/C17H33NO2.BrH/c1-3-5-6-7-8-9-10-11-16(12-14-18)13-15-20-17(19)4-2;/h4,16H,2-3,5-15,18H2,1H3;1H. The number of esters is 1. The quantitative estimate of drug-likeness (QED) is 0.277. The van der Waals surface area contributed by atoms with Crippen molar-refractivity contribution in [3.8, 4) is 0 Å². The Morgan fingerprint density at radius 3 is 2.29 bits per heavy atom. The molecule has 0 fully saturated rings. The second-order valence-electron chi connectivity index (χ2n) is 5.58. The molecule has 0 aliphatic rings. The van der Waals surface area contributed by atoms with E-state index in [9.17, 15) is 4.79 Å². The van der Waals surface area contributed by atoms with Crippen LogP contribution in [0.3, 0.4) is 0 Å². The average molecular weight is 364 g/mol. The minimum absolute atomic E-state index is 0. The lowest BCUT2D eigenvalue weighted by molar-refractivity contribution is -0.370. The molecule has 0 heterocycles. The number of halogens is 1. The Labute approximate surface area is 141 Å². The molecule has 4 heteroatoms. The first-order valence-electron chi connectivity index (χ1n) is 8.33. The Kier molecular flexibility index (Phi) is 19.3. The van der Waals surface area contributed by atoms with E-state index < -0.39 is 0 Å². The molecule has 1 unspecified atom stereocenters. The summed E-state index contributed by atoms with van der Waals surface area (Å²) in [4.78, 5) is 11.0. The number of carbonyl (C=O) groups excluding carboxylic acids is 1. The van der Waals surface area contributed by atoms with Gasteiger partial charge >= 0.3 is 5.97 Å². The summed E-state index contributed by atoms with van der Waals surface area (Å²) in [6.45, 7) is 7.14. The normalized spacial score (nSPS) is 11.5. The van der Waals surface area contributed by atoms with Crippen LogP contribution in [0.25, 0.3) is 0 Å². The van der Waals surface area contributed by atoms with Gasteiger partial charge in [-0.2, -0.15) is 0 Å². The highest BCUT2D eigenvalue weighted by molar-refractivity contribution is 5.81. The third-order valence-corrected chi connectivity index (χ3v) is 3.77. The molecule has 1 atom stereocenters. The highest BCUT2D eigenvalue weighted by Crippen LogP contribution is 2.18. The molecule has 0 aliphatic heterocycles. The number of hydrogen-bond donors (Lipinski definition) is 1. The lowest BCUT2D eigenvalue weighted by Crippen LogP contribution is -3.00. The van der Waals surface area contributed by atoms with E-state index in [0.717, 1.165) is 19.4 Å². The molecule has 0 radical (unpaired) electrons. The van der Waals surface area contributed by atoms with Crippen molar-refractivity contribution in [1.29, 1.82) is 0 Å². The van der Waals surface area contributed by atoms with Gasteiger partial charge in [-0.15, -0.1) is 0 Å². The van der Waals surface area contributed by atoms with E-state index in [1.54, 1.807) is 0 Å². The Morgan fingerprint density at radius 1 is 1.10 bits per heavy atom. The first-order valence-corrected chi connectivity index (χ1v) is 8.33. The molecule has 0 spiro atoms. The molecule has 3 nitrogen and oxygen atoms in total. The fraction of sp³-hybridized carbons (Fsp3) is 0.824. The van der Waals surface area contributed by atoms with E-state index in [-0.39, 0.29) is 23.0 Å². The molecule has 0 saturated heterocycles. The fourth-order valence-electron chi connectivity index (χ4n) is 2.50. The first-order chi connectivity index (χ1) is 9.74. The van der Waals surface area contributed by atoms with Crippen molar-refractivity contribution in [1.82, 2.24) is 0 Å². The van der Waals surface area contributed by atoms with Crippen LogP contribution < -0.4 is 22.7 Å². The van der Waals surface area contributed by atoms with Crippen LogP contribution in [0.2, 0.25) is 0 Å². The third kappa shape index (κ3) is 15.9. The van der Waals surface area contributed by atoms with Crippen molar-refractivity contribution in [3.63, 3.8) is 0 Å². The lowest BCUT2D eigenvalue weighted by atomic mass is 9.94. The van der Waals surface area contributed by atoms with Gasteiger partial charge in [0, 0.05) is 6.08 Å². The summed E-state index contributed by atoms with van der Waals surface area (Å²) in [6, 6.07) is 0. The average Bonchev–Trinajstić information content (AvgIpc) is 2.46. The van der Waals surface area contributed by atoms with Crippen molar-refractivity contribution in [2.45, 2.75) is 71.1 Å². The van der Waals surface area contributed by atoms with Crippen molar-refractivity contribution in [2.75, 3.05) is 13.2 Å². The van der Waals surface area contributed by atoms with Gasteiger partial charge in [-0.05, 0) is 18.8 Å². The van der Waals surface area contributed by atoms with Gasteiger partial charge in [0.25, 0.3) is 0 Å². The van der Waals surface area contributed by atoms with Gasteiger partial charge in [0.2, 0.25) is 0 Å². The van der Waals surface area contributed by atoms with E-state index >= 15 is 0 Å². The Morgan fingerprint density at radius 2 is 1.71 bits per heavy atom. The van der Waals surface area contributed by atoms with E-state index in [0.29, 0.717) is 12.5 Å². The molecular weight excluding hydrogens is 330 g/mol. The molecule has 21 heavy (non-hydrogen) atoms. The van der Waals surface area contributed by atoms with Gasteiger partial charge in [-0.25, -0.2) is 4.79 Å². The van der Waals surface area contributed by atoms with E-state index in [1.165, 1.54) is 57.4 Å². The summed E-state index contributed by atoms with van der Waals surface area (Å²) in [5, 5.41) is 0. The molecule has 0 aromatic heterocycles. The maximum Gasteiger partial charge on any atom is 0.330 e. The molecule has 0 rings (SSSR count). The van der Waals surface area contributed by atoms with Crippen molar-refractivity contribution < 1.29 is 32.2 Å². The third-order valence-electron chi connectivity index (χ3n) is 3.77. The largest absolute Gasteiger partial charge is 1.00 e. The minimum atomic E-state index is -0.311. The van der Waals surface area contributed by atoms with E-state index in [1.807, 2.05) is 0 Å². The maximum atomic E-state index is 11.0. The number of unbranched alkanes of at least 4 members (excludes halogenated alkanes) is 6. The highest BCUT2D eigenvalue weighted by atomic mass is 79.9. The molecule has 0 aliphatic carbocycles. The van der Waals surface area contributed by atoms with Gasteiger partial charge in [0.1, 0.15) is 0 Å². The van der Waals surface area contributed by atoms with Gasteiger partial charge in [0.15, 0.2) is 0 Å². The monoisotopic (exact) mass is 363 g/mol. The predicted molar refractivity (Wildman–Crippen MR) is 84.2 cm³/mol. The highest BCUT2D eigenvalue weighted by Gasteiger charge is 2.09. The van der Waals surface area contributed by atoms with E-state index in [2.05, 4.69) is 19.2 Å². The number of ether oxygens (including phenoxy) is 1. The summed E-state index contributed by atoms with van der Waals surface area (Å²) in [5.41, 5.74) is 3.94. The lowest BCUT2D eigenvalue weighted by Gasteiger charge is -2.14. The molecule has 126 valence electrons. The van der Waals surface area contributed by atoms with Gasteiger partial charge < -0.3 is 27.5 Å². The maximum absolute atomic E-state index is 11.0. The summed E-state index contributed by atoms with van der Waals surface area (Å²) < 4.78 is 5.06. The summed E-state index contributed by atoms with van der Waals surface area (Å²) in [6.07, 6.45) is 14.0. The zero-order valence-electron chi connectivity index (χ0n) is 13.7. The zero-order valence-corrected chi connectivity index (χ0v) is 15.3. The number of quaternary nitrogens is 1. The number of hydrogen-bond acceptors (Lipinski definition) is 2. The molecule has 3 N–H and O–H groups in total. The summed E-state index contributed by atoms with van der Waals surface area (Å²) >= 11 is 0. The molecule has 0 aromatic carbocycles. The van der Waals surface area contributed by atoms with Gasteiger partial charge in [0.05, 0.1) is 13.2 Å². The Balaban J connectivity index is 0. The first kappa shape index (κ1) is 22.9. The topological polar surface area (TPSA) is 53.9 Å². The molecule has 0 bridgehead atoms. The molecular formula is C17H34BrNO2. The minimum Gasteiger partial charge on any atom is -1.00 e. The van der Waals surface area contributed by atoms with Gasteiger partial charge in [-0.3, -0.25) is 0 Å². The second-order valence-corrected chi connectivity index (χ2v) is 5.58. The van der Waals surface area contributed by atoms with Gasteiger partial charge in [-0.1, -0.05) is 64.9 Å². The molecule has 0 saturated carbocycles. The molecule has 0 aromatic rings. The van der Waals surface area contributed by atoms with Crippen molar-refractivity contribution >= 4 is 5.97 Å². The summed E-state index contributed by atoms with van der Waals surface area (Å²) in [7, 11) is 0. The smallest absolute Gasteiger partial charge is 0.330 e. The predicted octanol–water partition coefficient (Wildman–Crippen LogP) is 0.499. The van der Waals surface area contributed by atoms with Crippen LogP contribution >= 0.6 is 0 Å². The van der Waals surface area contributed by atoms with Crippen LogP contribution in [0.15, 0.2) is 12.7 Å².